The van der Waals surface area contributed by atoms with Gasteiger partial charge in [-0.05, 0) is 25.0 Å². The van der Waals surface area contributed by atoms with Gasteiger partial charge in [0.05, 0.1) is 4.34 Å². The van der Waals surface area contributed by atoms with Crippen molar-refractivity contribution < 1.29 is 5.11 Å². The van der Waals surface area contributed by atoms with Crippen LogP contribution in [-0.2, 0) is 0 Å². The average Bonchev–Trinajstić information content (AvgIpc) is 2.71. The molecular weight excluding hydrogens is 242 g/mol. The first kappa shape index (κ1) is 14.0. The molecule has 3 atom stereocenters. The second-order valence-corrected chi connectivity index (χ2v) is 5.99. The predicted octanol–water partition coefficient (Wildman–Crippen LogP) is 3.46. The van der Waals surface area contributed by atoms with Crippen molar-refractivity contribution >= 4 is 22.9 Å². The summed E-state index contributed by atoms with van der Waals surface area (Å²) in [6.07, 6.45) is 0.693. The van der Waals surface area contributed by atoms with Crippen LogP contribution in [0, 0.1) is 5.92 Å². The molecule has 2 nitrogen and oxygen atoms in total. The molecule has 0 spiro atoms. The molecule has 1 aromatic heterocycles. The van der Waals surface area contributed by atoms with Gasteiger partial charge in [0.25, 0.3) is 0 Å². The van der Waals surface area contributed by atoms with Crippen LogP contribution in [0.25, 0.3) is 0 Å². The molecule has 1 aromatic rings. The van der Waals surface area contributed by atoms with Crippen LogP contribution in [0.5, 0.6) is 0 Å². The van der Waals surface area contributed by atoms with E-state index in [4.69, 9.17) is 11.6 Å². The third-order valence-electron chi connectivity index (χ3n) is 3.05. The van der Waals surface area contributed by atoms with Gasteiger partial charge in [0.2, 0.25) is 0 Å². The first-order valence-electron chi connectivity index (χ1n) is 5.71. The summed E-state index contributed by atoms with van der Waals surface area (Å²) in [4.78, 5) is 0.925. The fourth-order valence-electron chi connectivity index (χ4n) is 1.46. The lowest BCUT2D eigenvalue weighted by atomic mass is 10.0. The van der Waals surface area contributed by atoms with Crippen molar-refractivity contribution in [1.29, 1.82) is 0 Å². The van der Waals surface area contributed by atoms with E-state index in [1.807, 2.05) is 12.1 Å². The number of aliphatic hydroxyl groups excluding tert-OH is 1. The zero-order chi connectivity index (χ0) is 12.1. The first-order valence-corrected chi connectivity index (χ1v) is 6.90. The predicted molar refractivity (Wildman–Crippen MR) is 71.2 cm³/mol. The summed E-state index contributed by atoms with van der Waals surface area (Å²) in [6.45, 7) is 7.13. The standard InChI is InChI=1S/C12H20ClNOS/c1-4-8(2)9(3)14-7-10(15)11-5-6-12(13)16-11/h5-6,8-10,14-15H,4,7H2,1-3H3. The van der Waals surface area contributed by atoms with E-state index < -0.39 is 6.10 Å². The third kappa shape index (κ3) is 4.06. The van der Waals surface area contributed by atoms with Crippen LogP contribution < -0.4 is 5.32 Å². The second-order valence-electron chi connectivity index (χ2n) is 4.24. The van der Waals surface area contributed by atoms with Crippen LogP contribution in [0.15, 0.2) is 12.1 Å². The summed E-state index contributed by atoms with van der Waals surface area (Å²) in [5.74, 6) is 0.624. The molecule has 16 heavy (non-hydrogen) atoms. The van der Waals surface area contributed by atoms with Crippen molar-refractivity contribution in [3.63, 3.8) is 0 Å². The minimum absolute atomic E-state index is 0.426. The fourth-order valence-corrected chi connectivity index (χ4v) is 2.51. The Bertz CT molecular complexity index is 316. The highest BCUT2D eigenvalue weighted by atomic mass is 35.5. The largest absolute Gasteiger partial charge is 0.386 e. The summed E-state index contributed by atoms with van der Waals surface area (Å²) >= 11 is 7.26. The van der Waals surface area contributed by atoms with Gasteiger partial charge in [0.1, 0.15) is 6.10 Å². The van der Waals surface area contributed by atoms with Gasteiger partial charge < -0.3 is 10.4 Å². The van der Waals surface area contributed by atoms with Crippen LogP contribution in [0.2, 0.25) is 4.34 Å². The van der Waals surface area contributed by atoms with E-state index >= 15 is 0 Å². The number of halogens is 1. The van der Waals surface area contributed by atoms with E-state index in [0.717, 1.165) is 15.6 Å². The molecule has 0 fully saturated rings. The molecule has 3 unspecified atom stereocenters. The molecule has 1 rings (SSSR count). The van der Waals surface area contributed by atoms with E-state index in [-0.39, 0.29) is 0 Å². The first-order chi connectivity index (χ1) is 7.54. The monoisotopic (exact) mass is 261 g/mol. The Morgan fingerprint density at radius 2 is 2.12 bits per heavy atom. The summed E-state index contributed by atoms with van der Waals surface area (Å²) in [7, 11) is 0. The van der Waals surface area contributed by atoms with Crippen LogP contribution in [0.1, 0.15) is 38.2 Å². The van der Waals surface area contributed by atoms with Crippen LogP contribution in [0.4, 0.5) is 0 Å². The molecule has 92 valence electrons. The summed E-state index contributed by atoms with van der Waals surface area (Å²) < 4.78 is 0.726. The zero-order valence-corrected chi connectivity index (χ0v) is 11.6. The molecule has 0 aromatic carbocycles. The van der Waals surface area contributed by atoms with Gasteiger partial charge in [-0.1, -0.05) is 31.9 Å². The molecule has 0 aliphatic rings. The lowest BCUT2D eigenvalue weighted by molar-refractivity contribution is 0.169. The summed E-state index contributed by atoms with van der Waals surface area (Å²) in [6, 6.07) is 4.13. The zero-order valence-electron chi connectivity index (χ0n) is 10.0. The Kier molecular flexibility index (Phi) is 5.76. The summed E-state index contributed by atoms with van der Waals surface area (Å²) in [5, 5.41) is 13.3. The van der Waals surface area contributed by atoms with Crippen LogP contribution in [0.3, 0.4) is 0 Å². The summed E-state index contributed by atoms with van der Waals surface area (Å²) in [5.41, 5.74) is 0. The number of nitrogens with one attached hydrogen (secondary N) is 1. The molecule has 0 saturated heterocycles. The second kappa shape index (κ2) is 6.60. The van der Waals surface area contributed by atoms with Crippen LogP contribution >= 0.6 is 22.9 Å². The molecule has 0 aliphatic carbocycles. The highest BCUT2D eigenvalue weighted by Gasteiger charge is 2.14. The van der Waals surface area contributed by atoms with Gasteiger partial charge >= 0.3 is 0 Å². The van der Waals surface area contributed by atoms with E-state index in [9.17, 15) is 5.11 Å². The highest BCUT2D eigenvalue weighted by Crippen LogP contribution is 2.26. The minimum Gasteiger partial charge on any atom is -0.386 e. The van der Waals surface area contributed by atoms with Gasteiger partial charge in [-0.25, -0.2) is 0 Å². The molecular formula is C12H20ClNOS. The number of thiophene rings is 1. The van der Waals surface area contributed by atoms with Gasteiger partial charge in [-0.15, -0.1) is 11.3 Å². The van der Waals surface area contributed by atoms with Crippen molar-refractivity contribution in [3.8, 4) is 0 Å². The SMILES string of the molecule is CCC(C)C(C)NCC(O)c1ccc(Cl)s1. The molecule has 0 saturated carbocycles. The Balaban J connectivity index is 2.38. The highest BCUT2D eigenvalue weighted by molar-refractivity contribution is 7.16. The Morgan fingerprint density at radius 1 is 1.44 bits per heavy atom. The molecule has 0 bridgehead atoms. The van der Waals surface area contributed by atoms with E-state index in [1.54, 1.807) is 0 Å². The average molecular weight is 262 g/mol. The maximum Gasteiger partial charge on any atom is 0.101 e. The minimum atomic E-state index is -0.455. The van der Waals surface area contributed by atoms with Gasteiger partial charge in [-0.2, -0.15) is 0 Å². The number of hydrogen-bond donors (Lipinski definition) is 2. The third-order valence-corrected chi connectivity index (χ3v) is 4.39. The maximum absolute atomic E-state index is 9.93. The Labute approximate surface area is 107 Å². The van der Waals surface area contributed by atoms with Gasteiger partial charge in [-0.3, -0.25) is 0 Å². The van der Waals surface area contributed by atoms with E-state index in [1.165, 1.54) is 11.3 Å². The molecule has 1 heterocycles. The fraction of sp³-hybridized carbons (Fsp3) is 0.667. The molecule has 0 aliphatic heterocycles. The quantitative estimate of drug-likeness (QED) is 0.822. The van der Waals surface area contributed by atoms with Gasteiger partial charge in [0.15, 0.2) is 0 Å². The van der Waals surface area contributed by atoms with Crippen LogP contribution in [-0.4, -0.2) is 17.7 Å². The molecule has 2 N–H and O–H groups in total. The lowest BCUT2D eigenvalue weighted by Gasteiger charge is -2.21. The topological polar surface area (TPSA) is 32.3 Å². The molecule has 0 amide bonds. The van der Waals surface area contributed by atoms with Gasteiger partial charge in [0, 0.05) is 17.5 Å². The van der Waals surface area contributed by atoms with E-state index in [0.29, 0.717) is 18.5 Å². The normalized spacial score (nSPS) is 17.1. The molecule has 4 heteroatoms. The van der Waals surface area contributed by atoms with Crippen molar-refractivity contribution in [2.75, 3.05) is 6.54 Å². The van der Waals surface area contributed by atoms with Crippen molar-refractivity contribution in [2.45, 2.75) is 39.3 Å². The van der Waals surface area contributed by atoms with E-state index in [2.05, 4.69) is 26.1 Å². The molecule has 0 radical (unpaired) electrons. The number of hydrogen-bond acceptors (Lipinski definition) is 3. The van der Waals surface area contributed by atoms with Crippen molar-refractivity contribution in [2.24, 2.45) is 5.92 Å². The Hall–Kier alpha value is -0.0900. The number of rotatable bonds is 6. The number of aliphatic hydroxyl groups is 1. The van der Waals surface area contributed by atoms with Crippen molar-refractivity contribution in [3.05, 3.63) is 21.3 Å². The maximum atomic E-state index is 9.93. The smallest absolute Gasteiger partial charge is 0.101 e. The van der Waals surface area contributed by atoms with Crippen molar-refractivity contribution in [1.82, 2.24) is 5.32 Å². The Morgan fingerprint density at radius 3 is 2.62 bits per heavy atom. The lowest BCUT2D eigenvalue weighted by Crippen LogP contribution is -2.34.